The number of nitrogens with zero attached hydrogens (tertiary/aromatic N) is 2. The molecule has 0 atom stereocenters. The van der Waals surface area contributed by atoms with Crippen molar-refractivity contribution in [2.75, 3.05) is 29.4 Å². The maximum absolute atomic E-state index is 11.7. The number of hydrogen-bond donors (Lipinski definition) is 1. The first-order valence-corrected chi connectivity index (χ1v) is 23.2. The van der Waals surface area contributed by atoms with Gasteiger partial charge in [-0.2, -0.15) is 6.67 Å². The van der Waals surface area contributed by atoms with Crippen molar-refractivity contribution in [3.63, 3.8) is 0 Å². The van der Waals surface area contributed by atoms with Gasteiger partial charge in [0, 0.05) is 24.5 Å². The summed E-state index contributed by atoms with van der Waals surface area (Å²) in [6.45, 7) is 24.6. The Balaban J connectivity index is 0.000000255. The molecule has 1 aliphatic rings. The van der Waals surface area contributed by atoms with Gasteiger partial charge in [0.2, 0.25) is 0 Å². The molecule has 0 unspecified atom stereocenters. The number of benzene rings is 3. The van der Waals surface area contributed by atoms with Crippen LogP contribution in [0.15, 0.2) is 42.5 Å². The van der Waals surface area contributed by atoms with E-state index in [9.17, 15) is 4.79 Å². The Kier molecular flexibility index (Phi) is 15.8. The van der Waals surface area contributed by atoms with Crippen LogP contribution < -0.4 is 15.1 Å². The number of ether oxygens (including phenoxy) is 2. The van der Waals surface area contributed by atoms with Gasteiger partial charge in [0.25, 0.3) is 0 Å². The molecule has 0 aromatic heterocycles. The van der Waals surface area contributed by atoms with Crippen LogP contribution in [-0.2, 0) is 24.9 Å². The van der Waals surface area contributed by atoms with E-state index < -0.39 is 19.6 Å². The number of nitrogens with one attached hydrogen (secondary N) is 1. The first-order valence-electron chi connectivity index (χ1n) is 16.0. The van der Waals surface area contributed by atoms with E-state index in [4.69, 9.17) is 24.1 Å². The van der Waals surface area contributed by atoms with Gasteiger partial charge < -0.3 is 9.80 Å². The molecule has 6 nitrogen and oxygen atoms in total. The summed E-state index contributed by atoms with van der Waals surface area (Å²) >= 11 is -1.95. The number of alkyl carbamates (subject to hydrolysis) is 1. The van der Waals surface area contributed by atoms with Crippen LogP contribution in [0, 0.1) is 48.2 Å². The summed E-state index contributed by atoms with van der Waals surface area (Å²) in [5.74, 6) is 0.860. The van der Waals surface area contributed by atoms with Gasteiger partial charge in [-0.05, 0) is 63.8 Å². The van der Waals surface area contributed by atoms with E-state index in [1.807, 2.05) is 36.7 Å². The Hall–Kier alpha value is -2.38. The standard InChI is InChI=1S/C21H27N2.C16H23NO3Si.2ClH.Ru/c1-14-9-16(3)20(17(4)10-14)22-7-8-23(13-22)21-18(5)11-15(2)12-19(21)6;1-12(2)20-15-7-6-14(10-13(15)3)11-19-16(18)17-8-5-9-21-4;;;/h9-13H,7-8H2,1-6H3;3,6-7,10,12H,5,8-9,11H2,1-2,4H3,(H,17,18);2*1H;/q-1;;;;+2/p-1. The number of aromatic hydroxyl groups is 1. The molecule has 1 aliphatic heterocycles. The molecule has 10 heteroatoms. The molecule has 2 radical (unpaired) electrons. The molecule has 4 rings (SSSR count). The van der Waals surface area contributed by atoms with Crippen LogP contribution in [0.3, 0.4) is 0 Å². The maximum Gasteiger partial charge on any atom is 0.0146 e. The molecule has 258 valence electrons. The zero-order chi connectivity index (χ0) is 34.7. The quantitative estimate of drug-likeness (QED) is 0.0913. The summed E-state index contributed by atoms with van der Waals surface area (Å²) in [6.07, 6.45) is 0.768. The van der Waals surface area contributed by atoms with Crippen molar-refractivity contribution in [1.29, 1.82) is 0 Å². The molecule has 0 saturated carbocycles. The van der Waals surface area contributed by atoms with Gasteiger partial charge in [0.05, 0.1) is 0 Å². The minimum atomic E-state index is -1.95. The number of rotatable bonds is 11. The van der Waals surface area contributed by atoms with Gasteiger partial charge >= 0.3 is 153 Å². The normalized spacial score (nSPS) is 12.9. The number of hydrogen-bond acceptors (Lipinski definition) is 4. The second kappa shape index (κ2) is 19.0. The SMILES string of the molecule is C[Si]CCCNC(=O)OCc1ccc([OH+]C(C)C)c([CH]=[Ru]([Cl])[Cl])c1.Cc1cc(C)c(N2[CH-]N(c3c(C)cc(C)cc3C)CC2)c(C)c1. The van der Waals surface area contributed by atoms with Gasteiger partial charge in [-0.1, -0.05) is 41.9 Å². The molecule has 0 bridgehead atoms. The molecule has 47 heavy (non-hydrogen) atoms. The van der Waals surface area contributed by atoms with E-state index in [1.54, 1.807) is 0 Å². The molecule has 2 N–H and O–H groups in total. The number of aliphatic hydroxyl groups is 1. The number of carbonyl (C=O) groups is 1. The smallest absolute Gasteiger partial charge is 0.0146 e. The van der Waals surface area contributed by atoms with E-state index >= 15 is 0 Å². The van der Waals surface area contributed by atoms with Crippen LogP contribution in [0.1, 0.15) is 64.8 Å². The number of carbonyl (C=O) groups excluding carboxylic acids is 1. The fourth-order valence-corrected chi connectivity index (χ4v) is 8.32. The fraction of sp³-hybridized carbons (Fsp3) is 0.432. The molecule has 0 spiro atoms. The van der Waals surface area contributed by atoms with Gasteiger partial charge in [-0.25, -0.2) is 0 Å². The summed E-state index contributed by atoms with van der Waals surface area (Å²) in [6, 6.07) is 16.0. The maximum atomic E-state index is 11.7. The average Bonchev–Trinajstić information content (AvgIpc) is 3.43. The molecule has 1 heterocycles. The Morgan fingerprint density at radius 2 is 1.49 bits per heavy atom. The van der Waals surface area contributed by atoms with Crippen LogP contribution in [0.5, 0.6) is 5.75 Å². The second-order valence-corrected chi connectivity index (χ2v) is 19.3. The van der Waals surface area contributed by atoms with E-state index in [2.05, 4.69) is 98.9 Å². The number of halogens is 2. The molecule has 1 fully saturated rings. The average molecular weight is 786 g/mol. The molecule has 3 aromatic carbocycles. The van der Waals surface area contributed by atoms with Gasteiger partial charge in [-0.15, -0.1) is 0 Å². The second-order valence-electron chi connectivity index (χ2n) is 12.4. The molecular formula is C37H51Cl2N3O3RuSi. The number of aryl methyl sites for hydroxylation is 6. The van der Waals surface area contributed by atoms with Crippen molar-refractivity contribution in [2.45, 2.75) is 87.1 Å². The van der Waals surface area contributed by atoms with E-state index in [0.29, 0.717) is 6.54 Å². The van der Waals surface area contributed by atoms with Gasteiger partial charge in [-0.3, -0.25) is 0 Å². The van der Waals surface area contributed by atoms with Crippen molar-refractivity contribution >= 4 is 51.0 Å². The first-order chi connectivity index (χ1) is 22.3. The van der Waals surface area contributed by atoms with E-state index in [0.717, 1.165) is 52.0 Å². The minimum Gasteiger partial charge on any atom is -0.502 e. The molecule has 1 amide bonds. The van der Waals surface area contributed by atoms with Crippen molar-refractivity contribution in [2.24, 2.45) is 0 Å². The Morgan fingerprint density at radius 1 is 0.957 bits per heavy atom. The Labute approximate surface area is 298 Å². The van der Waals surface area contributed by atoms with Crippen LogP contribution in [0.2, 0.25) is 12.6 Å². The summed E-state index contributed by atoms with van der Waals surface area (Å²) in [5.41, 5.74) is 12.6. The third-order valence-corrected chi connectivity index (χ3v) is 10.3. The van der Waals surface area contributed by atoms with Crippen LogP contribution >= 0.6 is 19.4 Å². The summed E-state index contributed by atoms with van der Waals surface area (Å²) < 4.78 is 11.7. The molecule has 0 aliphatic carbocycles. The zero-order valence-corrected chi connectivity index (χ0v) is 33.5. The van der Waals surface area contributed by atoms with Crippen molar-refractivity contribution < 1.29 is 27.8 Å². The van der Waals surface area contributed by atoms with Crippen LogP contribution in [0.4, 0.5) is 16.2 Å². The Morgan fingerprint density at radius 3 is 1.96 bits per heavy atom. The summed E-state index contributed by atoms with van der Waals surface area (Å²) in [5, 5.41) is 2.75. The van der Waals surface area contributed by atoms with Crippen LogP contribution in [0.25, 0.3) is 0 Å². The third kappa shape index (κ3) is 12.2. The van der Waals surface area contributed by atoms with Gasteiger partial charge in [0.1, 0.15) is 0 Å². The summed E-state index contributed by atoms with van der Waals surface area (Å²) in [4.78, 5) is 16.5. The summed E-state index contributed by atoms with van der Waals surface area (Å²) in [7, 11) is 12.9. The predicted molar refractivity (Wildman–Crippen MR) is 200 cm³/mol. The topological polar surface area (TPSA) is 57.6 Å². The van der Waals surface area contributed by atoms with Gasteiger partial charge in [0.15, 0.2) is 0 Å². The largest absolute Gasteiger partial charge is 0.502 e. The first kappa shape index (κ1) is 39.1. The molecule has 1 saturated heterocycles. The Bertz CT molecular complexity index is 1440. The molecular weight excluding hydrogens is 734 g/mol. The monoisotopic (exact) mass is 785 g/mol. The van der Waals surface area contributed by atoms with E-state index in [1.165, 1.54) is 44.8 Å². The minimum absolute atomic E-state index is 0.181. The van der Waals surface area contributed by atoms with Crippen molar-refractivity contribution in [3.05, 3.63) is 93.6 Å². The fourth-order valence-electron chi connectivity index (χ4n) is 6.00. The third-order valence-electron chi connectivity index (χ3n) is 7.62. The van der Waals surface area contributed by atoms with Crippen molar-refractivity contribution in [3.8, 4) is 5.75 Å². The van der Waals surface area contributed by atoms with Crippen molar-refractivity contribution in [1.82, 2.24) is 5.32 Å². The molecule has 3 aromatic rings. The van der Waals surface area contributed by atoms with E-state index in [-0.39, 0.29) is 12.7 Å². The predicted octanol–water partition coefficient (Wildman–Crippen LogP) is 9.18. The zero-order valence-electron chi connectivity index (χ0n) is 29.3. The van der Waals surface area contributed by atoms with Crippen LogP contribution in [-0.4, -0.2) is 50.7 Å². The number of anilines is 2. The number of amides is 1.